The molecule has 2 fully saturated rings. The first-order valence-electron chi connectivity index (χ1n) is 14.1. The van der Waals surface area contributed by atoms with E-state index in [1.165, 1.54) is 51.4 Å². The van der Waals surface area contributed by atoms with Gasteiger partial charge in [-0.3, -0.25) is 9.59 Å². The molecule has 3 rings (SSSR count). The molecule has 1 aromatic rings. The number of benzene rings is 1. The first-order valence-corrected chi connectivity index (χ1v) is 14.1. The minimum absolute atomic E-state index is 0.0111. The SMILES string of the molecule is CCCCCC1CCC(C(=O)Oc2ccc(OC(=O)C3CCC(CCCCC)CC3)cc2)CC1. The lowest BCUT2D eigenvalue weighted by atomic mass is 9.80. The van der Waals surface area contributed by atoms with E-state index in [4.69, 9.17) is 9.47 Å². The van der Waals surface area contributed by atoms with Crippen LogP contribution in [-0.2, 0) is 9.59 Å². The zero-order chi connectivity index (χ0) is 24.2. The Balaban J connectivity index is 1.36. The fourth-order valence-electron chi connectivity index (χ4n) is 5.71. The van der Waals surface area contributed by atoms with Gasteiger partial charge in [0.25, 0.3) is 0 Å². The van der Waals surface area contributed by atoms with Gasteiger partial charge in [-0.25, -0.2) is 0 Å². The summed E-state index contributed by atoms with van der Waals surface area (Å²) in [4.78, 5) is 25.2. The van der Waals surface area contributed by atoms with E-state index in [0.717, 1.165) is 63.2 Å². The highest BCUT2D eigenvalue weighted by Crippen LogP contribution is 2.34. The molecule has 0 aliphatic heterocycles. The molecule has 0 N–H and O–H groups in total. The van der Waals surface area contributed by atoms with Gasteiger partial charge in [0, 0.05) is 0 Å². The van der Waals surface area contributed by atoms with Crippen molar-refractivity contribution in [3.63, 3.8) is 0 Å². The second kappa shape index (κ2) is 14.5. The number of hydrogen-bond acceptors (Lipinski definition) is 4. The quantitative estimate of drug-likeness (QED) is 0.175. The van der Waals surface area contributed by atoms with Crippen molar-refractivity contribution in [3.05, 3.63) is 24.3 Å². The lowest BCUT2D eigenvalue weighted by Gasteiger charge is -2.27. The normalized spacial score (nSPS) is 25.0. The van der Waals surface area contributed by atoms with Crippen LogP contribution in [0, 0.1) is 23.7 Å². The molecule has 34 heavy (non-hydrogen) atoms. The van der Waals surface area contributed by atoms with E-state index in [1.807, 2.05) is 0 Å². The zero-order valence-corrected chi connectivity index (χ0v) is 21.6. The number of carbonyl (C=O) groups excluding carboxylic acids is 2. The van der Waals surface area contributed by atoms with Crippen LogP contribution in [-0.4, -0.2) is 11.9 Å². The third kappa shape index (κ3) is 8.74. The molecule has 0 atom stereocenters. The number of carbonyl (C=O) groups is 2. The van der Waals surface area contributed by atoms with E-state index < -0.39 is 0 Å². The predicted molar refractivity (Wildman–Crippen MR) is 137 cm³/mol. The fourth-order valence-corrected chi connectivity index (χ4v) is 5.71. The van der Waals surface area contributed by atoms with Gasteiger partial charge in [0.2, 0.25) is 0 Å². The highest BCUT2D eigenvalue weighted by molar-refractivity contribution is 5.76. The van der Waals surface area contributed by atoms with Crippen LogP contribution in [0.4, 0.5) is 0 Å². The molecule has 2 saturated carbocycles. The lowest BCUT2D eigenvalue weighted by molar-refractivity contribution is -0.141. The molecule has 2 aliphatic carbocycles. The summed E-state index contributed by atoms with van der Waals surface area (Å²) in [6.07, 6.45) is 18.7. The molecule has 1 aromatic carbocycles. The van der Waals surface area contributed by atoms with Crippen molar-refractivity contribution >= 4 is 11.9 Å². The Morgan fingerprint density at radius 3 is 1.29 bits per heavy atom. The van der Waals surface area contributed by atoms with E-state index >= 15 is 0 Å². The Labute approximate surface area is 207 Å². The molecule has 0 saturated heterocycles. The Bertz CT molecular complexity index is 662. The minimum Gasteiger partial charge on any atom is -0.426 e. The average Bonchev–Trinajstić information content (AvgIpc) is 2.86. The Morgan fingerprint density at radius 1 is 0.618 bits per heavy atom. The molecule has 4 heteroatoms. The van der Waals surface area contributed by atoms with Crippen LogP contribution in [0.1, 0.15) is 117 Å². The van der Waals surface area contributed by atoms with Gasteiger partial charge in [-0.1, -0.05) is 65.2 Å². The number of hydrogen-bond donors (Lipinski definition) is 0. The Hall–Kier alpha value is -1.84. The smallest absolute Gasteiger partial charge is 0.314 e. The molecule has 0 amide bonds. The summed E-state index contributed by atoms with van der Waals surface area (Å²) in [5.41, 5.74) is 0. The van der Waals surface area contributed by atoms with E-state index in [9.17, 15) is 9.59 Å². The maximum Gasteiger partial charge on any atom is 0.314 e. The average molecular weight is 471 g/mol. The van der Waals surface area contributed by atoms with Crippen LogP contribution in [0.2, 0.25) is 0 Å². The molecule has 0 bridgehead atoms. The summed E-state index contributed by atoms with van der Waals surface area (Å²) in [5, 5.41) is 0. The highest BCUT2D eigenvalue weighted by atomic mass is 16.5. The van der Waals surface area contributed by atoms with Gasteiger partial charge in [-0.05, 0) is 87.5 Å². The fraction of sp³-hybridized carbons (Fsp3) is 0.733. The summed E-state index contributed by atoms with van der Waals surface area (Å²) < 4.78 is 11.3. The molecular weight excluding hydrogens is 424 g/mol. The van der Waals surface area contributed by atoms with Gasteiger partial charge in [-0.15, -0.1) is 0 Å². The van der Waals surface area contributed by atoms with Crippen molar-refractivity contribution in [2.24, 2.45) is 23.7 Å². The third-order valence-electron chi connectivity index (χ3n) is 8.05. The summed E-state index contributed by atoms with van der Waals surface area (Å²) >= 11 is 0. The van der Waals surface area contributed by atoms with Crippen molar-refractivity contribution in [3.8, 4) is 11.5 Å². The van der Waals surface area contributed by atoms with Crippen molar-refractivity contribution in [1.82, 2.24) is 0 Å². The molecular formula is C30H46O4. The van der Waals surface area contributed by atoms with Gasteiger partial charge in [0.1, 0.15) is 11.5 Å². The molecule has 0 unspecified atom stereocenters. The maximum atomic E-state index is 12.6. The zero-order valence-electron chi connectivity index (χ0n) is 21.6. The van der Waals surface area contributed by atoms with Crippen LogP contribution in [0.25, 0.3) is 0 Å². The third-order valence-corrected chi connectivity index (χ3v) is 8.05. The van der Waals surface area contributed by atoms with Gasteiger partial charge in [-0.2, -0.15) is 0 Å². The van der Waals surface area contributed by atoms with E-state index in [0.29, 0.717) is 11.5 Å². The number of unbranched alkanes of at least 4 members (excludes halogenated alkanes) is 4. The summed E-state index contributed by atoms with van der Waals surface area (Å²) in [7, 11) is 0. The summed E-state index contributed by atoms with van der Waals surface area (Å²) in [6, 6.07) is 6.95. The van der Waals surface area contributed by atoms with Crippen molar-refractivity contribution in [2.45, 2.75) is 117 Å². The number of rotatable bonds is 12. The van der Waals surface area contributed by atoms with Crippen LogP contribution < -0.4 is 9.47 Å². The van der Waals surface area contributed by atoms with Crippen LogP contribution >= 0.6 is 0 Å². The first kappa shape index (κ1) is 26.8. The van der Waals surface area contributed by atoms with Crippen molar-refractivity contribution < 1.29 is 19.1 Å². The lowest BCUT2D eigenvalue weighted by Crippen LogP contribution is -2.26. The molecule has 0 aromatic heterocycles. The van der Waals surface area contributed by atoms with Crippen LogP contribution in [0.5, 0.6) is 11.5 Å². The van der Waals surface area contributed by atoms with E-state index in [2.05, 4.69) is 13.8 Å². The van der Waals surface area contributed by atoms with Crippen LogP contribution in [0.3, 0.4) is 0 Å². The number of esters is 2. The first-order chi connectivity index (χ1) is 16.6. The van der Waals surface area contributed by atoms with Gasteiger partial charge in [0.15, 0.2) is 0 Å². The predicted octanol–water partition coefficient (Wildman–Crippen LogP) is 8.27. The Morgan fingerprint density at radius 2 is 0.971 bits per heavy atom. The topological polar surface area (TPSA) is 52.6 Å². The second-order valence-corrected chi connectivity index (χ2v) is 10.7. The van der Waals surface area contributed by atoms with Gasteiger partial charge in [0.05, 0.1) is 11.8 Å². The standard InChI is InChI=1S/C30H46O4/c1-3-5-7-9-23-11-15-25(16-12-23)29(31)33-27-19-21-28(22-20-27)34-30(32)26-17-13-24(14-18-26)10-8-6-4-2/h19-26H,3-18H2,1-2H3. The minimum atomic E-state index is -0.118. The van der Waals surface area contributed by atoms with Gasteiger partial charge >= 0.3 is 11.9 Å². The summed E-state index contributed by atoms with van der Waals surface area (Å²) in [6.45, 7) is 4.48. The van der Waals surface area contributed by atoms with Crippen LogP contribution in [0.15, 0.2) is 24.3 Å². The molecule has 2 aliphatic rings. The molecule has 4 nitrogen and oxygen atoms in total. The monoisotopic (exact) mass is 470 g/mol. The molecule has 0 heterocycles. The Kier molecular flexibility index (Phi) is 11.4. The maximum absolute atomic E-state index is 12.6. The largest absolute Gasteiger partial charge is 0.426 e. The second-order valence-electron chi connectivity index (χ2n) is 10.7. The van der Waals surface area contributed by atoms with E-state index in [1.54, 1.807) is 24.3 Å². The molecule has 0 radical (unpaired) electrons. The summed E-state index contributed by atoms with van der Waals surface area (Å²) in [5.74, 6) is 2.40. The van der Waals surface area contributed by atoms with Gasteiger partial charge < -0.3 is 9.47 Å². The van der Waals surface area contributed by atoms with Crippen molar-refractivity contribution in [2.75, 3.05) is 0 Å². The van der Waals surface area contributed by atoms with Crippen molar-refractivity contribution in [1.29, 1.82) is 0 Å². The number of ether oxygens (including phenoxy) is 2. The molecule has 0 spiro atoms. The van der Waals surface area contributed by atoms with E-state index in [-0.39, 0.29) is 23.8 Å². The molecule has 190 valence electrons. The highest BCUT2D eigenvalue weighted by Gasteiger charge is 2.29.